The van der Waals surface area contributed by atoms with E-state index in [0.29, 0.717) is 12.8 Å². The SMILES string of the molecule is Cc1nn(C)cc1C(O)C1(C#N)Cc2ccccc2C1. The number of aryl methyl sites for hydroxylation is 2. The highest BCUT2D eigenvalue weighted by Gasteiger charge is 2.45. The van der Waals surface area contributed by atoms with Crippen molar-refractivity contribution in [2.45, 2.75) is 25.9 Å². The van der Waals surface area contributed by atoms with E-state index in [0.717, 1.165) is 22.4 Å². The van der Waals surface area contributed by atoms with Crippen LogP contribution >= 0.6 is 0 Å². The summed E-state index contributed by atoms with van der Waals surface area (Å²) in [5, 5.41) is 24.7. The summed E-state index contributed by atoms with van der Waals surface area (Å²) in [5.74, 6) is 0. The zero-order valence-corrected chi connectivity index (χ0v) is 11.7. The Kier molecular flexibility index (Phi) is 2.88. The van der Waals surface area contributed by atoms with E-state index in [2.05, 4.69) is 11.2 Å². The van der Waals surface area contributed by atoms with Crippen LogP contribution in [-0.2, 0) is 19.9 Å². The molecule has 0 radical (unpaired) electrons. The molecular formula is C16H17N3O. The van der Waals surface area contributed by atoms with Crippen LogP contribution in [0.25, 0.3) is 0 Å². The topological polar surface area (TPSA) is 61.8 Å². The summed E-state index contributed by atoms with van der Waals surface area (Å²) in [6.45, 7) is 1.87. The van der Waals surface area contributed by atoms with Crippen molar-refractivity contribution in [1.82, 2.24) is 9.78 Å². The van der Waals surface area contributed by atoms with Gasteiger partial charge in [-0.2, -0.15) is 10.4 Å². The zero-order valence-electron chi connectivity index (χ0n) is 11.7. The van der Waals surface area contributed by atoms with E-state index < -0.39 is 11.5 Å². The van der Waals surface area contributed by atoms with Gasteiger partial charge in [-0.15, -0.1) is 0 Å². The second-order valence-electron chi connectivity index (χ2n) is 5.64. The second-order valence-corrected chi connectivity index (χ2v) is 5.64. The number of benzene rings is 1. The first-order valence-corrected chi connectivity index (χ1v) is 6.72. The number of hydrogen-bond donors (Lipinski definition) is 1. The fourth-order valence-corrected chi connectivity index (χ4v) is 3.16. The molecule has 4 heteroatoms. The molecule has 3 rings (SSSR count). The van der Waals surface area contributed by atoms with Crippen LogP contribution in [0.2, 0.25) is 0 Å². The maximum absolute atomic E-state index is 10.8. The van der Waals surface area contributed by atoms with Crippen LogP contribution in [0, 0.1) is 23.7 Å². The summed E-state index contributed by atoms with van der Waals surface area (Å²) in [5.41, 5.74) is 3.08. The minimum atomic E-state index is -0.811. The number of nitriles is 1. The Labute approximate surface area is 118 Å². The van der Waals surface area contributed by atoms with Gasteiger partial charge in [0.25, 0.3) is 0 Å². The lowest BCUT2D eigenvalue weighted by atomic mass is 9.77. The van der Waals surface area contributed by atoms with E-state index in [1.807, 2.05) is 44.4 Å². The number of rotatable bonds is 2. The Balaban J connectivity index is 2.00. The molecular weight excluding hydrogens is 250 g/mol. The zero-order chi connectivity index (χ0) is 14.3. The van der Waals surface area contributed by atoms with Gasteiger partial charge >= 0.3 is 0 Å². The van der Waals surface area contributed by atoms with E-state index in [4.69, 9.17) is 0 Å². The Hall–Kier alpha value is -2.12. The molecule has 1 aliphatic carbocycles. The highest BCUT2D eigenvalue weighted by atomic mass is 16.3. The van der Waals surface area contributed by atoms with Gasteiger partial charge in [-0.05, 0) is 30.9 Å². The molecule has 0 aliphatic heterocycles. The van der Waals surface area contributed by atoms with Crippen LogP contribution in [0.5, 0.6) is 0 Å². The van der Waals surface area contributed by atoms with Gasteiger partial charge in [0.05, 0.1) is 17.2 Å². The van der Waals surface area contributed by atoms with Crippen LogP contribution in [0.4, 0.5) is 0 Å². The van der Waals surface area contributed by atoms with Crippen molar-refractivity contribution in [2.75, 3.05) is 0 Å². The van der Waals surface area contributed by atoms with Crippen molar-refractivity contribution in [3.8, 4) is 6.07 Å². The number of hydrogen-bond acceptors (Lipinski definition) is 3. The standard InChI is InChI=1S/C16H17N3O/c1-11-14(9-19(2)18-11)15(20)16(10-17)7-12-5-3-4-6-13(12)8-16/h3-6,9,15,20H,7-8H2,1-2H3. The van der Waals surface area contributed by atoms with E-state index >= 15 is 0 Å². The largest absolute Gasteiger partial charge is 0.387 e. The predicted molar refractivity (Wildman–Crippen MR) is 74.8 cm³/mol. The number of aromatic nitrogens is 2. The fraction of sp³-hybridized carbons (Fsp3) is 0.375. The molecule has 0 saturated heterocycles. The van der Waals surface area contributed by atoms with Gasteiger partial charge in [0.15, 0.2) is 0 Å². The molecule has 0 spiro atoms. The number of aliphatic hydroxyl groups excluding tert-OH is 1. The highest BCUT2D eigenvalue weighted by molar-refractivity contribution is 5.40. The Morgan fingerprint density at radius 2 is 1.95 bits per heavy atom. The predicted octanol–water partition coefficient (Wildman–Crippen LogP) is 2.07. The molecule has 0 amide bonds. The van der Waals surface area contributed by atoms with Crippen LogP contribution < -0.4 is 0 Å². The lowest BCUT2D eigenvalue weighted by Crippen LogP contribution is -2.28. The van der Waals surface area contributed by atoms with Gasteiger partial charge in [-0.1, -0.05) is 24.3 Å². The summed E-state index contributed by atoms with van der Waals surface area (Å²) in [6.07, 6.45) is 2.18. The molecule has 102 valence electrons. The average molecular weight is 267 g/mol. The van der Waals surface area contributed by atoms with Crippen LogP contribution in [-0.4, -0.2) is 14.9 Å². The molecule has 1 unspecified atom stereocenters. The maximum Gasteiger partial charge on any atom is 0.102 e. The lowest BCUT2D eigenvalue weighted by molar-refractivity contribution is 0.0687. The third-order valence-corrected chi connectivity index (χ3v) is 4.22. The van der Waals surface area contributed by atoms with Gasteiger partial charge in [-0.3, -0.25) is 4.68 Å². The summed E-state index contributed by atoms with van der Waals surface area (Å²) in [4.78, 5) is 0. The van der Waals surface area contributed by atoms with Crippen LogP contribution in [0.3, 0.4) is 0 Å². The van der Waals surface area contributed by atoms with Crippen molar-refractivity contribution in [3.05, 3.63) is 52.8 Å². The minimum Gasteiger partial charge on any atom is -0.387 e. The smallest absolute Gasteiger partial charge is 0.102 e. The van der Waals surface area contributed by atoms with Gasteiger partial charge in [0.1, 0.15) is 6.10 Å². The average Bonchev–Trinajstić information content (AvgIpc) is 2.98. The summed E-state index contributed by atoms with van der Waals surface area (Å²) in [7, 11) is 1.83. The molecule has 1 N–H and O–H groups in total. The van der Waals surface area contributed by atoms with E-state index in [1.54, 1.807) is 4.68 Å². The van der Waals surface area contributed by atoms with Crippen molar-refractivity contribution in [2.24, 2.45) is 12.5 Å². The summed E-state index contributed by atoms with van der Waals surface area (Å²) in [6, 6.07) is 10.4. The molecule has 1 aromatic carbocycles. The Morgan fingerprint density at radius 1 is 1.35 bits per heavy atom. The third-order valence-electron chi connectivity index (χ3n) is 4.22. The summed E-state index contributed by atoms with van der Waals surface area (Å²) < 4.78 is 1.68. The normalized spacial score (nSPS) is 17.5. The molecule has 1 aromatic heterocycles. The monoisotopic (exact) mass is 267 g/mol. The first-order chi connectivity index (χ1) is 9.55. The van der Waals surface area contributed by atoms with Gasteiger partial charge in [0.2, 0.25) is 0 Å². The van der Waals surface area contributed by atoms with E-state index in [-0.39, 0.29) is 0 Å². The maximum atomic E-state index is 10.8. The highest BCUT2D eigenvalue weighted by Crippen LogP contribution is 2.45. The molecule has 0 saturated carbocycles. The lowest BCUT2D eigenvalue weighted by Gasteiger charge is -2.26. The molecule has 1 aliphatic rings. The molecule has 2 aromatic rings. The van der Waals surface area contributed by atoms with Crippen LogP contribution in [0.1, 0.15) is 28.5 Å². The molecule has 0 fully saturated rings. The van der Waals surface area contributed by atoms with Gasteiger partial charge in [-0.25, -0.2) is 0 Å². The van der Waals surface area contributed by atoms with Crippen molar-refractivity contribution in [3.63, 3.8) is 0 Å². The minimum absolute atomic E-state index is 0.592. The fourth-order valence-electron chi connectivity index (χ4n) is 3.16. The van der Waals surface area contributed by atoms with E-state index in [1.165, 1.54) is 0 Å². The number of nitrogens with zero attached hydrogens (tertiary/aromatic N) is 3. The van der Waals surface area contributed by atoms with Crippen molar-refractivity contribution >= 4 is 0 Å². The van der Waals surface area contributed by atoms with Gasteiger partial charge < -0.3 is 5.11 Å². The number of fused-ring (bicyclic) bond motifs is 1. The third kappa shape index (κ3) is 1.83. The number of aliphatic hydroxyl groups is 1. The molecule has 1 atom stereocenters. The quantitative estimate of drug-likeness (QED) is 0.906. The first kappa shape index (κ1) is 12.9. The molecule has 4 nitrogen and oxygen atoms in total. The van der Waals surface area contributed by atoms with Crippen molar-refractivity contribution < 1.29 is 5.11 Å². The molecule has 20 heavy (non-hydrogen) atoms. The second kappa shape index (κ2) is 4.46. The van der Waals surface area contributed by atoms with Crippen LogP contribution in [0.15, 0.2) is 30.5 Å². The van der Waals surface area contributed by atoms with Crippen molar-refractivity contribution in [1.29, 1.82) is 5.26 Å². The van der Waals surface area contributed by atoms with Gasteiger partial charge in [0, 0.05) is 18.8 Å². The van der Waals surface area contributed by atoms with E-state index in [9.17, 15) is 10.4 Å². The Morgan fingerprint density at radius 3 is 2.40 bits per heavy atom. The molecule has 0 bridgehead atoms. The molecule has 1 heterocycles. The Bertz CT molecular complexity index is 671. The first-order valence-electron chi connectivity index (χ1n) is 6.72. The summed E-state index contributed by atoms with van der Waals surface area (Å²) >= 11 is 0.